The Morgan fingerprint density at radius 3 is 2.63 bits per heavy atom. The molecule has 1 aromatic heterocycles. The molecule has 0 amide bonds. The van der Waals surface area contributed by atoms with Gasteiger partial charge >= 0.3 is 0 Å². The zero-order valence-corrected chi connectivity index (χ0v) is 11.4. The fourth-order valence-corrected chi connectivity index (χ4v) is 3.01. The molecule has 1 aromatic carbocycles. The van der Waals surface area contributed by atoms with Crippen LogP contribution in [0, 0.1) is 0 Å². The maximum absolute atomic E-state index is 12.3. The minimum Gasteiger partial charge on any atom is -0.472 e. The number of hydrogen-bond acceptors (Lipinski definition) is 4. The van der Waals surface area contributed by atoms with Gasteiger partial charge in [-0.3, -0.25) is 0 Å². The van der Waals surface area contributed by atoms with Crippen molar-refractivity contribution in [2.75, 3.05) is 7.05 Å². The lowest BCUT2D eigenvalue weighted by Crippen LogP contribution is -2.25. The summed E-state index contributed by atoms with van der Waals surface area (Å²) in [5, 5.41) is 2.96. The number of sulfonamides is 1. The smallest absolute Gasteiger partial charge is 0.241 e. The highest BCUT2D eigenvalue weighted by atomic mass is 32.2. The van der Waals surface area contributed by atoms with Crippen LogP contribution in [-0.2, 0) is 23.1 Å². The van der Waals surface area contributed by atoms with E-state index in [2.05, 4.69) is 10.0 Å². The highest BCUT2D eigenvalue weighted by Gasteiger charge is 2.17. The minimum atomic E-state index is -3.52. The van der Waals surface area contributed by atoms with Crippen LogP contribution in [0.25, 0.3) is 0 Å². The van der Waals surface area contributed by atoms with E-state index in [0.29, 0.717) is 11.4 Å². The fraction of sp³-hybridized carbons (Fsp3) is 0.231. The van der Waals surface area contributed by atoms with Crippen LogP contribution in [0.2, 0.25) is 0 Å². The van der Waals surface area contributed by atoms with E-state index in [9.17, 15) is 8.42 Å². The van der Waals surface area contributed by atoms with E-state index in [-0.39, 0.29) is 6.54 Å². The number of benzene rings is 1. The summed E-state index contributed by atoms with van der Waals surface area (Å²) in [6.07, 6.45) is 3.03. The van der Waals surface area contributed by atoms with Gasteiger partial charge in [-0.1, -0.05) is 18.2 Å². The van der Waals surface area contributed by atoms with Crippen molar-refractivity contribution >= 4 is 10.0 Å². The predicted octanol–water partition coefficient (Wildman–Crippen LogP) is 1.48. The summed E-state index contributed by atoms with van der Waals surface area (Å²) in [7, 11) is -1.74. The first kappa shape index (κ1) is 13.8. The van der Waals surface area contributed by atoms with Gasteiger partial charge in [0.1, 0.15) is 0 Å². The van der Waals surface area contributed by atoms with Gasteiger partial charge in [-0.25, -0.2) is 13.1 Å². The van der Waals surface area contributed by atoms with E-state index in [1.807, 2.05) is 6.07 Å². The zero-order valence-electron chi connectivity index (χ0n) is 10.6. The third-order valence-electron chi connectivity index (χ3n) is 2.68. The average Bonchev–Trinajstić information content (AvgIpc) is 2.91. The molecule has 5 nitrogen and oxygen atoms in total. The molecule has 0 unspecified atom stereocenters. The lowest BCUT2D eigenvalue weighted by molar-refractivity contribution is 0.561. The summed E-state index contributed by atoms with van der Waals surface area (Å²) >= 11 is 0. The maximum atomic E-state index is 12.3. The summed E-state index contributed by atoms with van der Waals surface area (Å²) in [4.78, 5) is 0.299. The molecule has 0 aliphatic rings. The predicted molar refractivity (Wildman–Crippen MR) is 71.9 cm³/mol. The standard InChI is InChI=1S/C13H16N2O3S/c1-14-9-12-4-2-3-5-13(12)19(16,17)15-8-11-6-7-18-10-11/h2-7,10,14-15H,8-9H2,1H3. The molecule has 102 valence electrons. The summed E-state index contributed by atoms with van der Waals surface area (Å²) < 4.78 is 32.0. The number of rotatable bonds is 6. The molecule has 1 heterocycles. The second kappa shape index (κ2) is 6.01. The minimum absolute atomic E-state index is 0.215. The van der Waals surface area contributed by atoms with Gasteiger partial charge < -0.3 is 9.73 Å². The first-order chi connectivity index (χ1) is 9.13. The number of furan rings is 1. The van der Waals surface area contributed by atoms with Crippen LogP contribution in [0.5, 0.6) is 0 Å². The molecule has 0 fully saturated rings. The molecular formula is C13H16N2O3S. The highest BCUT2D eigenvalue weighted by Crippen LogP contribution is 2.15. The van der Waals surface area contributed by atoms with Gasteiger partial charge in [-0.15, -0.1) is 0 Å². The Morgan fingerprint density at radius 2 is 1.95 bits per heavy atom. The van der Waals surface area contributed by atoms with Gasteiger partial charge in [0.15, 0.2) is 0 Å². The Balaban J connectivity index is 2.19. The molecule has 2 rings (SSSR count). The molecule has 0 aliphatic heterocycles. The molecular weight excluding hydrogens is 264 g/mol. The van der Waals surface area contributed by atoms with Gasteiger partial charge in [0.05, 0.1) is 17.4 Å². The second-order valence-corrected chi connectivity index (χ2v) is 5.83. The lowest BCUT2D eigenvalue weighted by Gasteiger charge is -2.10. The van der Waals surface area contributed by atoms with Crippen molar-refractivity contribution < 1.29 is 12.8 Å². The molecule has 0 saturated carbocycles. The van der Waals surface area contributed by atoms with Crippen LogP contribution >= 0.6 is 0 Å². The Bertz CT molecular complexity index is 621. The van der Waals surface area contributed by atoms with Crippen molar-refractivity contribution in [3.63, 3.8) is 0 Å². The van der Waals surface area contributed by atoms with E-state index in [1.54, 1.807) is 31.3 Å². The average molecular weight is 280 g/mol. The second-order valence-electron chi connectivity index (χ2n) is 4.09. The van der Waals surface area contributed by atoms with Crippen LogP contribution in [0.4, 0.5) is 0 Å². The first-order valence-electron chi connectivity index (χ1n) is 5.87. The van der Waals surface area contributed by atoms with Gasteiger partial charge in [0.2, 0.25) is 10.0 Å². The quantitative estimate of drug-likeness (QED) is 0.840. The van der Waals surface area contributed by atoms with Crippen molar-refractivity contribution in [2.24, 2.45) is 0 Å². The fourth-order valence-electron chi connectivity index (χ4n) is 1.75. The summed E-state index contributed by atoms with van der Waals surface area (Å²) in [5.74, 6) is 0. The normalized spacial score (nSPS) is 11.6. The molecule has 0 bridgehead atoms. The van der Waals surface area contributed by atoms with Gasteiger partial charge in [-0.05, 0) is 24.7 Å². The van der Waals surface area contributed by atoms with E-state index in [0.717, 1.165) is 11.1 Å². The molecule has 0 radical (unpaired) electrons. The van der Waals surface area contributed by atoms with Crippen LogP contribution in [-0.4, -0.2) is 15.5 Å². The molecule has 2 aromatic rings. The van der Waals surface area contributed by atoms with Gasteiger partial charge in [0.25, 0.3) is 0 Å². The zero-order chi connectivity index (χ0) is 13.7. The highest BCUT2D eigenvalue weighted by molar-refractivity contribution is 7.89. The molecule has 0 atom stereocenters. The maximum Gasteiger partial charge on any atom is 0.241 e. The number of hydrogen-bond donors (Lipinski definition) is 2. The van der Waals surface area contributed by atoms with E-state index in [1.165, 1.54) is 12.5 Å². The molecule has 0 saturated heterocycles. The van der Waals surface area contributed by atoms with Crippen molar-refractivity contribution in [3.8, 4) is 0 Å². The summed E-state index contributed by atoms with van der Waals surface area (Å²) in [6, 6.07) is 8.66. The van der Waals surface area contributed by atoms with Gasteiger partial charge in [-0.2, -0.15) is 0 Å². The molecule has 0 aliphatic carbocycles. The topological polar surface area (TPSA) is 71.3 Å². The Labute approximate surface area is 112 Å². The molecule has 19 heavy (non-hydrogen) atoms. The SMILES string of the molecule is CNCc1ccccc1S(=O)(=O)NCc1ccoc1. The summed E-state index contributed by atoms with van der Waals surface area (Å²) in [6.45, 7) is 0.718. The van der Waals surface area contributed by atoms with Crippen molar-refractivity contribution in [1.29, 1.82) is 0 Å². The lowest BCUT2D eigenvalue weighted by atomic mass is 10.2. The third-order valence-corrected chi connectivity index (χ3v) is 4.18. The van der Waals surface area contributed by atoms with Crippen molar-refractivity contribution in [3.05, 3.63) is 54.0 Å². The van der Waals surface area contributed by atoms with Crippen molar-refractivity contribution in [2.45, 2.75) is 18.0 Å². The van der Waals surface area contributed by atoms with Crippen molar-refractivity contribution in [1.82, 2.24) is 10.0 Å². The van der Waals surface area contributed by atoms with Gasteiger partial charge in [0, 0.05) is 18.7 Å². The molecule has 0 spiro atoms. The van der Waals surface area contributed by atoms with E-state index >= 15 is 0 Å². The summed E-state index contributed by atoms with van der Waals surface area (Å²) in [5.41, 5.74) is 1.53. The van der Waals surface area contributed by atoms with Crippen LogP contribution < -0.4 is 10.0 Å². The molecule has 6 heteroatoms. The number of nitrogens with one attached hydrogen (secondary N) is 2. The van der Waals surface area contributed by atoms with E-state index in [4.69, 9.17) is 4.42 Å². The third kappa shape index (κ3) is 3.44. The Hall–Kier alpha value is -1.63. The molecule has 2 N–H and O–H groups in total. The van der Waals surface area contributed by atoms with Crippen LogP contribution in [0.1, 0.15) is 11.1 Å². The van der Waals surface area contributed by atoms with E-state index < -0.39 is 10.0 Å². The van der Waals surface area contributed by atoms with Crippen LogP contribution in [0.15, 0.2) is 52.2 Å². The Kier molecular flexibility index (Phi) is 4.36. The Morgan fingerprint density at radius 1 is 1.16 bits per heavy atom. The van der Waals surface area contributed by atoms with Crippen LogP contribution in [0.3, 0.4) is 0 Å². The largest absolute Gasteiger partial charge is 0.472 e. The monoisotopic (exact) mass is 280 g/mol. The first-order valence-corrected chi connectivity index (χ1v) is 7.35.